The Bertz CT molecular complexity index is 1190. The van der Waals surface area contributed by atoms with Crippen LogP contribution in [0.2, 0.25) is 0 Å². The van der Waals surface area contributed by atoms with E-state index in [1.807, 2.05) is 25.1 Å². The van der Waals surface area contributed by atoms with Gasteiger partial charge in [-0.05, 0) is 48.9 Å². The Morgan fingerprint density at radius 1 is 0.897 bits per heavy atom. The number of benzene rings is 3. The van der Waals surface area contributed by atoms with E-state index in [1.165, 1.54) is 11.8 Å². The summed E-state index contributed by atoms with van der Waals surface area (Å²) in [4.78, 5) is 12.7. The Labute approximate surface area is 168 Å². The Hall–Kier alpha value is -3.73. The summed E-state index contributed by atoms with van der Waals surface area (Å²) in [6.45, 7) is 2.48. The number of fused-ring (bicyclic) bond motifs is 1. The summed E-state index contributed by atoms with van der Waals surface area (Å²) in [6.07, 6.45) is 1.32. The molecule has 5 nitrogen and oxygen atoms in total. The molecule has 0 aliphatic rings. The molecule has 0 aliphatic heterocycles. The van der Waals surface area contributed by atoms with Gasteiger partial charge in [-0.1, -0.05) is 29.8 Å². The second kappa shape index (κ2) is 8.10. The second-order valence-corrected chi connectivity index (χ2v) is 6.64. The van der Waals surface area contributed by atoms with Crippen molar-refractivity contribution in [3.05, 3.63) is 94.3 Å². The molecular weight excluding hydrogens is 368 g/mol. The van der Waals surface area contributed by atoms with Gasteiger partial charge in [-0.3, -0.25) is 4.79 Å². The fourth-order valence-corrected chi connectivity index (χ4v) is 2.99. The third-order valence-electron chi connectivity index (χ3n) is 4.49. The lowest BCUT2D eigenvalue weighted by Gasteiger charge is -2.09. The van der Waals surface area contributed by atoms with Gasteiger partial charge in [-0.2, -0.15) is 0 Å². The molecule has 1 heterocycles. The molecule has 0 bridgehead atoms. The van der Waals surface area contributed by atoms with Gasteiger partial charge in [0.05, 0.1) is 12.5 Å². The molecule has 0 saturated carbocycles. The molecular formula is C24H20O5. The Morgan fingerprint density at radius 3 is 2.41 bits per heavy atom. The van der Waals surface area contributed by atoms with E-state index in [9.17, 15) is 4.79 Å². The van der Waals surface area contributed by atoms with Crippen molar-refractivity contribution >= 4 is 11.0 Å². The topological polar surface area (TPSA) is 57.9 Å². The van der Waals surface area contributed by atoms with Crippen molar-refractivity contribution in [3.63, 3.8) is 0 Å². The third kappa shape index (κ3) is 4.24. The van der Waals surface area contributed by atoms with Gasteiger partial charge in [0.15, 0.2) is 0 Å². The van der Waals surface area contributed by atoms with Crippen LogP contribution >= 0.6 is 0 Å². The van der Waals surface area contributed by atoms with E-state index in [4.69, 9.17) is 18.6 Å². The first kappa shape index (κ1) is 18.6. The zero-order chi connectivity index (χ0) is 20.2. The first-order valence-corrected chi connectivity index (χ1v) is 9.18. The van der Waals surface area contributed by atoms with Gasteiger partial charge in [0, 0.05) is 6.07 Å². The highest BCUT2D eigenvalue weighted by molar-refractivity contribution is 5.79. The summed E-state index contributed by atoms with van der Waals surface area (Å²) >= 11 is 0. The van der Waals surface area contributed by atoms with Crippen molar-refractivity contribution in [3.8, 4) is 23.0 Å². The normalized spacial score (nSPS) is 10.7. The zero-order valence-corrected chi connectivity index (χ0v) is 16.2. The van der Waals surface area contributed by atoms with Crippen molar-refractivity contribution in [1.82, 2.24) is 0 Å². The second-order valence-electron chi connectivity index (χ2n) is 6.64. The van der Waals surface area contributed by atoms with E-state index >= 15 is 0 Å². The van der Waals surface area contributed by atoms with Crippen molar-refractivity contribution in [2.75, 3.05) is 7.11 Å². The maximum absolute atomic E-state index is 12.7. The molecule has 0 amide bonds. The molecule has 5 heteroatoms. The molecule has 0 atom stereocenters. The summed E-state index contributed by atoms with van der Waals surface area (Å²) < 4.78 is 22.2. The monoisotopic (exact) mass is 388 g/mol. The lowest BCUT2D eigenvalue weighted by molar-refractivity contribution is 0.306. The van der Waals surface area contributed by atoms with Gasteiger partial charge in [0.2, 0.25) is 11.2 Å². The van der Waals surface area contributed by atoms with Crippen LogP contribution in [-0.2, 0) is 6.61 Å². The molecule has 0 unspecified atom stereocenters. The van der Waals surface area contributed by atoms with Crippen LogP contribution < -0.4 is 19.6 Å². The van der Waals surface area contributed by atoms with Gasteiger partial charge in [-0.25, -0.2) is 0 Å². The number of methoxy groups -OCH3 is 1. The zero-order valence-electron chi connectivity index (χ0n) is 16.2. The largest absolute Gasteiger partial charge is 0.497 e. The summed E-state index contributed by atoms with van der Waals surface area (Å²) in [5.41, 5.74) is 2.46. The highest BCUT2D eigenvalue weighted by Gasteiger charge is 2.10. The van der Waals surface area contributed by atoms with Gasteiger partial charge >= 0.3 is 0 Å². The van der Waals surface area contributed by atoms with E-state index in [-0.39, 0.29) is 11.2 Å². The van der Waals surface area contributed by atoms with Crippen LogP contribution in [-0.4, -0.2) is 7.11 Å². The van der Waals surface area contributed by atoms with Crippen LogP contribution in [0.1, 0.15) is 11.1 Å². The Morgan fingerprint density at radius 2 is 1.66 bits per heavy atom. The van der Waals surface area contributed by atoms with Crippen molar-refractivity contribution in [2.45, 2.75) is 13.5 Å². The lowest BCUT2D eigenvalue weighted by atomic mass is 10.1. The lowest BCUT2D eigenvalue weighted by Crippen LogP contribution is -2.05. The van der Waals surface area contributed by atoms with Gasteiger partial charge in [-0.15, -0.1) is 0 Å². The molecule has 0 fully saturated rings. The number of hydrogen-bond acceptors (Lipinski definition) is 5. The predicted octanol–water partition coefficient (Wildman–Crippen LogP) is 5.48. The molecule has 1 aromatic heterocycles. The number of ether oxygens (including phenoxy) is 3. The SMILES string of the molecule is COc1ccc(Oc2coc3cc(OCc4cccc(C)c4)ccc3c2=O)cc1. The van der Waals surface area contributed by atoms with Gasteiger partial charge in [0.25, 0.3) is 0 Å². The molecule has 0 aliphatic carbocycles. The molecule has 29 heavy (non-hydrogen) atoms. The van der Waals surface area contributed by atoms with E-state index in [2.05, 4.69) is 6.07 Å². The van der Waals surface area contributed by atoms with Crippen LogP contribution in [0.5, 0.6) is 23.0 Å². The molecule has 0 saturated heterocycles. The quantitative estimate of drug-likeness (QED) is 0.438. The van der Waals surface area contributed by atoms with Crippen molar-refractivity contribution in [2.24, 2.45) is 0 Å². The predicted molar refractivity (Wildman–Crippen MR) is 111 cm³/mol. The average molecular weight is 388 g/mol. The maximum Gasteiger partial charge on any atom is 0.235 e. The van der Waals surface area contributed by atoms with Crippen LogP contribution in [0.3, 0.4) is 0 Å². The minimum Gasteiger partial charge on any atom is -0.497 e. The average Bonchev–Trinajstić information content (AvgIpc) is 2.75. The van der Waals surface area contributed by atoms with Gasteiger partial charge in [0.1, 0.15) is 35.7 Å². The first-order valence-electron chi connectivity index (χ1n) is 9.18. The highest BCUT2D eigenvalue weighted by Crippen LogP contribution is 2.25. The molecule has 0 radical (unpaired) electrons. The maximum atomic E-state index is 12.7. The van der Waals surface area contributed by atoms with Gasteiger partial charge < -0.3 is 18.6 Å². The number of rotatable bonds is 6. The first-order chi connectivity index (χ1) is 14.1. The third-order valence-corrected chi connectivity index (χ3v) is 4.49. The molecule has 0 N–H and O–H groups in total. The summed E-state index contributed by atoms with van der Waals surface area (Å²) in [5.74, 6) is 1.98. The molecule has 4 rings (SSSR count). The fourth-order valence-electron chi connectivity index (χ4n) is 2.99. The summed E-state index contributed by atoms with van der Waals surface area (Å²) in [7, 11) is 1.59. The Balaban J connectivity index is 1.53. The minimum atomic E-state index is -0.243. The minimum absolute atomic E-state index is 0.121. The van der Waals surface area contributed by atoms with E-state index < -0.39 is 0 Å². The summed E-state index contributed by atoms with van der Waals surface area (Å²) in [6, 6.07) is 20.3. The molecule has 146 valence electrons. The smallest absolute Gasteiger partial charge is 0.235 e. The Kier molecular flexibility index (Phi) is 5.20. The van der Waals surface area contributed by atoms with Crippen LogP contribution in [0.4, 0.5) is 0 Å². The van der Waals surface area contributed by atoms with E-state index in [0.29, 0.717) is 34.8 Å². The van der Waals surface area contributed by atoms with Crippen LogP contribution in [0.25, 0.3) is 11.0 Å². The van der Waals surface area contributed by atoms with Crippen LogP contribution in [0, 0.1) is 6.92 Å². The van der Waals surface area contributed by atoms with E-state index in [0.717, 1.165) is 5.56 Å². The number of hydrogen-bond donors (Lipinski definition) is 0. The standard InChI is InChI=1S/C24H20O5/c1-16-4-3-5-17(12-16)14-27-20-10-11-21-22(13-20)28-15-23(24(21)25)29-19-8-6-18(26-2)7-9-19/h3-13,15H,14H2,1-2H3. The van der Waals surface area contributed by atoms with Crippen molar-refractivity contribution in [1.29, 1.82) is 0 Å². The highest BCUT2D eigenvalue weighted by atomic mass is 16.5. The number of aryl methyl sites for hydroxylation is 1. The molecule has 4 aromatic rings. The van der Waals surface area contributed by atoms with Crippen molar-refractivity contribution < 1.29 is 18.6 Å². The fraction of sp³-hybridized carbons (Fsp3) is 0.125. The molecule has 3 aromatic carbocycles. The summed E-state index contributed by atoms with van der Waals surface area (Å²) in [5, 5.41) is 0.430. The van der Waals surface area contributed by atoms with E-state index in [1.54, 1.807) is 49.6 Å². The van der Waals surface area contributed by atoms with Crippen LogP contribution in [0.15, 0.2) is 82.2 Å². The molecule has 0 spiro atoms.